The van der Waals surface area contributed by atoms with Crippen molar-refractivity contribution in [3.05, 3.63) is 60.0 Å². The first-order valence-electron chi connectivity index (χ1n) is 6.86. The summed E-state index contributed by atoms with van der Waals surface area (Å²) >= 11 is 0. The Morgan fingerprint density at radius 2 is 2.05 bits per heavy atom. The summed E-state index contributed by atoms with van der Waals surface area (Å²) < 4.78 is 0. The molecule has 20 heavy (non-hydrogen) atoms. The van der Waals surface area contributed by atoms with E-state index >= 15 is 0 Å². The summed E-state index contributed by atoms with van der Waals surface area (Å²) in [7, 11) is 0. The Labute approximate surface area is 118 Å². The molecule has 0 saturated carbocycles. The third-order valence-electron chi connectivity index (χ3n) is 3.60. The SMILES string of the molecule is C[C@@H](CNCc1cccc2cn[nH]c12)c1ccncc1. The van der Waals surface area contributed by atoms with Crippen LogP contribution < -0.4 is 5.32 Å². The van der Waals surface area contributed by atoms with Crippen LogP contribution in [-0.4, -0.2) is 21.7 Å². The lowest BCUT2D eigenvalue weighted by Gasteiger charge is -2.13. The molecule has 3 aromatic rings. The number of aromatic amines is 1. The molecule has 0 unspecified atom stereocenters. The van der Waals surface area contributed by atoms with Crippen LogP contribution in [0.2, 0.25) is 0 Å². The molecule has 0 fully saturated rings. The highest BCUT2D eigenvalue weighted by molar-refractivity contribution is 5.81. The minimum atomic E-state index is 0.471. The monoisotopic (exact) mass is 266 g/mol. The van der Waals surface area contributed by atoms with E-state index in [0.717, 1.165) is 24.0 Å². The van der Waals surface area contributed by atoms with Gasteiger partial charge in [0.2, 0.25) is 0 Å². The second-order valence-electron chi connectivity index (χ2n) is 5.06. The van der Waals surface area contributed by atoms with Gasteiger partial charge in [-0.15, -0.1) is 0 Å². The van der Waals surface area contributed by atoms with E-state index in [0.29, 0.717) is 5.92 Å². The number of rotatable bonds is 5. The highest BCUT2D eigenvalue weighted by Crippen LogP contribution is 2.16. The number of benzene rings is 1. The standard InChI is InChI=1S/C16H18N4/c1-12(13-5-7-17-8-6-13)9-18-10-14-3-2-4-15-11-19-20-16(14)15/h2-8,11-12,18H,9-10H2,1H3,(H,19,20)/t12-/m0/s1. The molecule has 4 nitrogen and oxygen atoms in total. The van der Waals surface area contributed by atoms with Crippen molar-refractivity contribution < 1.29 is 0 Å². The van der Waals surface area contributed by atoms with E-state index in [9.17, 15) is 0 Å². The van der Waals surface area contributed by atoms with Gasteiger partial charge in [-0.2, -0.15) is 5.10 Å². The van der Waals surface area contributed by atoms with Gasteiger partial charge in [-0.25, -0.2) is 0 Å². The van der Waals surface area contributed by atoms with E-state index < -0.39 is 0 Å². The molecule has 0 aliphatic carbocycles. The van der Waals surface area contributed by atoms with Crippen LogP contribution in [0, 0.1) is 0 Å². The van der Waals surface area contributed by atoms with Crippen LogP contribution in [0.4, 0.5) is 0 Å². The van der Waals surface area contributed by atoms with E-state index in [-0.39, 0.29) is 0 Å². The molecule has 0 spiro atoms. The first-order valence-corrected chi connectivity index (χ1v) is 6.86. The molecule has 1 aromatic carbocycles. The third-order valence-corrected chi connectivity index (χ3v) is 3.60. The van der Waals surface area contributed by atoms with Gasteiger partial charge in [-0.05, 0) is 29.2 Å². The van der Waals surface area contributed by atoms with Gasteiger partial charge >= 0.3 is 0 Å². The lowest BCUT2D eigenvalue weighted by Crippen LogP contribution is -2.19. The topological polar surface area (TPSA) is 53.6 Å². The second kappa shape index (κ2) is 5.84. The third kappa shape index (κ3) is 2.70. The largest absolute Gasteiger partial charge is 0.312 e. The Morgan fingerprint density at radius 1 is 1.20 bits per heavy atom. The smallest absolute Gasteiger partial charge is 0.0695 e. The van der Waals surface area contributed by atoms with E-state index in [1.54, 1.807) is 0 Å². The average Bonchev–Trinajstić information content (AvgIpc) is 2.97. The zero-order valence-corrected chi connectivity index (χ0v) is 11.5. The number of aromatic nitrogens is 3. The Morgan fingerprint density at radius 3 is 2.90 bits per heavy atom. The van der Waals surface area contributed by atoms with Crippen LogP contribution in [0.15, 0.2) is 48.9 Å². The highest BCUT2D eigenvalue weighted by Gasteiger charge is 2.06. The van der Waals surface area contributed by atoms with Gasteiger partial charge in [0, 0.05) is 30.9 Å². The van der Waals surface area contributed by atoms with E-state index in [1.165, 1.54) is 11.1 Å². The maximum absolute atomic E-state index is 4.09. The Balaban J connectivity index is 1.61. The van der Waals surface area contributed by atoms with Crippen LogP contribution in [0.3, 0.4) is 0 Å². The molecule has 2 aromatic heterocycles. The molecule has 0 amide bonds. The van der Waals surface area contributed by atoms with Crippen molar-refractivity contribution in [2.45, 2.75) is 19.4 Å². The van der Waals surface area contributed by atoms with Gasteiger partial charge in [-0.1, -0.05) is 25.1 Å². The lowest BCUT2D eigenvalue weighted by molar-refractivity contribution is 0.616. The van der Waals surface area contributed by atoms with Crippen LogP contribution in [0.5, 0.6) is 0 Å². The van der Waals surface area contributed by atoms with E-state index in [2.05, 4.69) is 57.8 Å². The first-order chi connectivity index (χ1) is 9.84. The summed E-state index contributed by atoms with van der Waals surface area (Å²) in [4.78, 5) is 4.05. The second-order valence-corrected chi connectivity index (χ2v) is 5.06. The van der Waals surface area contributed by atoms with Crippen LogP contribution in [0.1, 0.15) is 24.0 Å². The van der Waals surface area contributed by atoms with Crippen molar-refractivity contribution in [2.24, 2.45) is 0 Å². The van der Waals surface area contributed by atoms with Crippen molar-refractivity contribution in [2.75, 3.05) is 6.54 Å². The van der Waals surface area contributed by atoms with Crippen molar-refractivity contribution in [1.82, 2.24) is 20.5 Å². The van der Waals surface area contributed by atoms with Gasteiger partial charge in [0.25, 0.3) is 0 Å². The number of pyridine rings is 1. The normalized spacial score (nSPS) is 12.7. The molecule has 0 aliphatic heterocycles. The maximum atomic E-state index is 4.09. The number of hydrogen-bond donors (Lipinski definition) is 2. The summed E-state index contributed by atoms with van der Waals surface area (Å²) in [5.74, 6) is 0.471. The molecule has 0 saturated heterocycles. The molecule has 2 heterocycles. The van der Waals surface area contributed by atoms with Crippen molar-refractivity contribution in [1.29, 1.82) is 0 Å². The average molecular weight is 266 g/mol. The van der Waals surface area contributed by atoms with Crippen molar-refractivity contribution in [3.63, 3.8) is 0 Å². The number of para-hydroxylation sites is 1. The van der Waals surface area contributed by atoms with Crippen LogP contribution in [0.25, 0.3) is 10.9 Å². The summed E-state index contributed by atoms with van der Waals surface area (Å²) in [6.45, 7) is 4.00. The fourth-order valence-corrected chi connectivity index (χ4v) is 2.41. The van der Waals surface area contributed by atoms with Crippen LogP contribution in [-0.2, 0) is 6.54 Å². The highest BCUT2D eigenvalue weighted by atomic mass is 15.1. The first kappa shape index (κ1) is 12.8. The molecular weight excluding hydrogens is 248 g/mol. The van der Waals surface area contributed by atoms with Gasteiger partial charge in [0.05, 0.1) is 11.7 Å². The molecule has 0 radical (unpaired) electrons. The molecule has 1 atom stereocenters. The number of H-pyrrole nitrogens is 1. The molecule has 102 valence electrons. The van der Waals surface area contributed by atoms with Crippen molar-refractivity contribution >= 4 is 10.9 Å². The number of hydrogen-bond acceptors (Lipinski definition) is 3. The Hall–Kier alpha value is -2.20. The number of nitrogens with one attached hydrogen (secondary N) is 2. The predicted octanol–water partition coefficient (Wildman–Crippen LogP) is 2.85. The molecule has 3 rings (SSSR count). The number of fused-ring (bicyclic) bond motifs is 1. The minimum Gasteiger partial charge on any atom is -0.312 e. The lowest BCUT2D eigenvalue weighted by atomic mass is 10.0. The Bertz CT molecular complexity index is 675. The molecule has 0 aliphatic rings. The zero-order valence-electron chi connectivity index (χ0n) is 11.5. The summed E-state index contributed by atoms with van der Waals surface area (Å²) in [5, 5.41) is 11.8. The summed E-state index contributed by atoms with van der Waals surface area (Å²) in [6.07, 6.45) is 5.55. The van der Waals surface area contributed by atoms with Crippen molar-refractivity contribution in [3.8, 4) is 0 Å². The maximum Gasteiger partial charge on any atom is 0.0695 e. The Kier molecular flexibility index (Phi) is 3.74. The zero-order chi connectivity index (χ0) is 13.8. The van der Waals surface area contributed by atoms with Gasteiger partial charge < -0.3 is 5.32 Å². The fraction of sp³-hybridized carbons (Fsp3) is 0.250. The van der Waals surface area contributed by atoms with Gasteiger partial charge in [-0.3, -0.25) is 10.1 Å². The summed E-state index contributed by atoms with van der Waals surface area (Å²) in [6, 6.07) is 10.4. The molecule has 2 N–H and O–H groups in total. The molecule has 0 bridgehead atoms. The quantitative estimate of drug-likeness (QED) is 0.746. The number of nitrogens with zero attached hydrogens (tertiary/aromatic N) is 2. The van der Waals surface area contributed by atoms with Gasteiger partial charge in [0.15, 0.2) is 0 Å². The van der Waals surface area contributed by atoms with Gasteiger partial charge in [0.1, 0.15) is 0 Å². The fourth-order valence-electron chi connectivity index (χ4n) is 2.41. The molecular formula is C16H18N4. The summed E-state index contributed by atoms with van der Waals surface area (Å²) in [5.41, 5.74) is 3.69. The predicted molar refractivity (Wildman–Crippen MR) is 80.5 cm³/mol. The van der Waals surface area contributed by atoms with Crippen LogP contribution >= 0.6 is 0 Å². The minimum absolute atomic E-state index is 0.471. The van der Waals surface area contributed by atoms with E-state index in [1.807, 2.05) is 18.6 Å². The van der Waals surface area contributed by atoms with E-state index in [4.69, 9.17) is 0 Å². The molecule has 4 heteroatoms.